The molecule has 2 heteroatoms. The molecule has 0 aromatic heterocycles. The summed E-state index contributed by atoms with van der Waals surface area (Å²) in [5, 5.41) is 2.84. The second kappa shape index (κ2) is 5.43. The van der Waals surface area contributed by atoms with Gasteiger partial charge >= 0.3 is 0 Å². The van der Waals surface area contributed by atoms with Crippen molar-refractivity contribution in [1.82, 2.24) is 5.32 Å². The highest BCUT2D eigenvalue weighted by Crippen LogP contribution is 2.19. The maximum Gasteiger partial charge on any atom is 0.223 e. The molecule has 14 heavy (non-hydrogen) atoms. The van der Waals surface area contributed by atoms with Crippen LogP contribution < -0.4 is 5.32 Å². The van der Waals surface area contributed by atoms with Crippen molar-refractivity contribution < 1.29 is 4.79 Å². The van der Waals surface area contributed by atoms with E-state index in [0.29, 0.717) is 0 Å². The van der Waals surface area contributed by atoms with Gasteiger partial charge in [-0.25, -0.2) is 0 Å². The van der Waals surface area contributed by atoms with Crippen LogP contribution in [0.3, 0.4) is 0 Å². The molecule has 0 bridgehead atoms. The molecule has 0 aromatic rings. The first-order valence-electron chi connectivity index (χ1n) is 5.00. The molecule has 76 valence electrons. The zero-order valence-electron chi connectivity index (χ0n) is 8.62. The first kappa shape index (κ1) is 10.8. The van der Waals surface area contributed by atoms with E-state index in [4.69, 9.17) is 0 Å². The zero-order valence-corrected chi connectivity index (χ0v) is 8.62. The lowest BCUT2D eigenvalue weighted by molar-refractivity contribution is -0.122. The Hall–Kier alpha value is -1.31. The van der Waals surface area contributed by atoms with Gasteiger partial charge in [-0.2, -0.15) is 0 Å². The third-order valence-corrected chi connectivity index (χ3v) is 2.41. The number of carbonyl (C=O) groups is 1. The maximum absolute atomic E-state index is 11.3. The summed E-state index contributed by atoms with van der Waals surface area (Å²) >= 11 is 0. The minimum atomic E-state index is 0.143. The molecular weight excluding hydrogens is 174 g/mol. The molecule has 0 aliphatic carbocycles. The lowest BCUT2D eigenvalue weighted by atomic mass is 9.98. The van der Waals surface area contributed by atoms with Crippen LogP contribution in [0, 0.1) is 5.92 Å². The maximum atomic E-state index is 11.3. The van der Waals surface area contributed by atoms with Crippen LogP contribution in [-0.2, 0) is 4.79 Å². The number of amides is 1. The third-order valence-electron chi connectivity index (χ3n) is 2.41. The molecule has 1 aliphatic heterocycles. The van der Waals surface area contributed by atoms with Gasteiger partial charge in [-0.1, -0.05) is 30.9 Å². The summed E-state index contributed by atoms with van der Waals surface area (Å²) in [5.74, 6) is 0.322. The van der Waals surface area contributed by atoms with Gasteiger partial charge in [0, 0.05) is 12.5 Å². The van der Waals surface area contributed by atoms with Gasteiger partial charge in [0.25, 0.3) is 0 Å². The predicted octanol–water partition coefficient (Wildman–Crippen LogP) is 2.20. The van der Waals surface area contributed by atoms with E-state index in [2.05, 4.69) is 11.9 Å². The summed E-state index contributed by atoms with van der Waals surface area (Å²) in [6, 6.07) is 0. The Labute approximate surface area is 85.4 Å². The molecule has 1 saturated heterocycles. The van der Waals surface area contributed by atoms with E-state index in [1.54, 1.807) is 0 Å². The fourth-order valence-electron chi connectivity index (χ4n) is 1.56. The summed E-state index contributed by atoms with van der Waals surface area (Å²) in [6.07, 6.45) is 9.53. The van der Waals surface area contributed by atoms with Crippen molar-refractivity contribution in [2.75, 3.05) is 6.54 Å². The minimum absolute atomic E-state index is 0.143. The van der Waals surface area contributed by atoms with Crippen molar-refractivity contribution in [3.63, 3.8) is 0 Å². The van der Waals surface area contributed by atoms with E-state index in [9.17, 15) is 4.79 Å². The normalized spacial score (nSPS) is 22.8. The summed E-state index contributed by atoms with van der Waals surface area (Å²) in [5.41, 5.74) is 1.13. The number of hydrogen-bond acceptors (Lipinski definition) is 1. The van der Waals surface area contributed by atoms with Crippen LogP contribution in [0.25, 0.3) is 0 Å². The van der Waals surface area contributed by atoms with E-state index >= 15 is 0 Å². The van der Waals surface area contributed by atoms with Gasteiger partial charge in [-0.05, 0) is 25.3 Å². The topological polar surface area (TPSA) is 29.1 Å². The number of carbonyl (C=O) groups excluding carboxylic acids is 1. The van der Waals surface area contributed by atoms with Gasteiger partial charge in [0.1, 0.15) is 0 Å². The molecule has 1 atom stereocenters. The fraction of sp³-hybridized carbons (Fsp3) is 0.417. The molecule has 1 amide bonds. The van der Waals surface area contributed by atoms with Crippen LogP contribution in [0.1, 0.15) is 19.8 Å². The van der Waals surface area contributed by atoms with Gasteiger partial charge in [0.2, 0.25) is 5.91 Å². The molecule has 1 heterocycles. The Morgan fingerprint density at radius 1 is 1.71 bits per heavy atom. The Balaban J connectivity index is 2.55. The second-order valence-electron chi connectivity index (χ2n) is 3.45. The van der Waals surface area contributed by atoms with Crippen molar-refractivity contribution in [3.8, 4) is 0 Å². The predicted molar refractivity (Wildman–Crippen MR) is 58.8 cm³/mol. The van der Waals surface area contributed by atoms with Crippen LogP contribution in [-0.4, -0.2) is 12.5 Å². The Morgan fingerprint density at radius 3 is 3.00 bits per heavy atom. The fourth-order valence-corrected chi connectivity index (χ4v) is 1.56. The van der Waals surface area contributed by atoms with Gasteiger partial charge < -0.3 is 5.32 Å². The highest BCUT2D eigenvalue weighted by Gasteiger charge is 2.23. The SMILES string of the molecule is C=C/C(=C\C=C/C)CC1CCNC1=O. The highest BCUT2D eigenvalue weighted by molar-refractivity contribution is 5.80. The van der Waals surface area contributed by atoms with E-state index in [1.807, 2.05) is 31.2 Å². The molecule has 0 spiro atoms. The van der Waals surface area contributed by atoms with Crippen molar-refractivity contribution in [3.05, 3.63) is 36.5 Å². The molecule has 2 nitrogen and oxygen atoms in total. The van der Waals surface area contributed by atoms with Gasteiger partial charge in [0.05, 0.1) is 0 Å². The van der Waals surface area contributed by atoms with Gasteiger partial charge in [-0.15, -0.1) is 0 Å². The lowest BCUT2D eigenvalue weighted by Crippen LogP contribution is -2.19. The molecule has 1 aliphatic rings. The van der Waals surface area contributed by atoms with Crippen LogP contribution in [0.2, 0.25) is 0 Å². The highest BCUT2D eigenvalue weighted by atomic mass is 16.2. The van der Waals surface area contributed by atoms with Crippen molar-refractivity contribution in [2.24, 2.45) is 5.92 Å². The molecule has 1 rings (SSSR count). The van der Waals surface area contributed by atoms with Crippen LogP contribution in [0.5, 0.6) is 0 Å². The number of hydrogen-bond donors (Lipinski definition) is 1. The molecule has 1 unspecified atom stereocenters. The van der Waals surface area contributed by atoms with Crippen molar-refractivity contribution >= 4 is 5.91 Å². The number of allylic oxidation sites excluding steroid dienone is 5. The molecule has 0 saturated carbocycles. The standard InChI is InChI=1S/C12H17NO/c1-3-5-6-10(4-2)9-11-7-8-13-12(11)14/h3-6,11H,2,7-9H2,1H3,(H,13,14)/b5-3-,10-6+. The average molecular weight is 191 g/mol. The van der Waals surface area contributed by atoms with Gasteiger partial charge in [0.15, 0.2) is 0 Å². The van der Waals surface area contributed by atoms with Crippen molar-refractivity contribution in [1.29, 1.82) is 0 Å². The number of rotatable bonds is 4. The molecule has 0 aromatic carbocycles. The Morgan fingerprint density at radius 2 is 2.50 bits per heavy atom. The Kier molecular flexibility index (Phi) is 4.17. The summed E-state index contributed by atoms with van der Waals surface area (Å²) < 4.78 is 0. The van der Waals surface area contributed by atoms with E-state index < -0.39 is 0 Å². The first-order valence-corrected chi connectivity index (χ1v) is 5.00. The van der Waals surface area contributed by atoms with Crippen LogP contribution in [0.15, 0.2) is 36.5 Å². The van der Waals surface area contributed by atoms with Crippen LogP contribution in [0.4, 0.5) is 0 Å². The summed E-state index contributed by atoms with van der Waals surface area (Å²) in [4.78, 5) is 11.3. The summed E-state index contributed by atoms with van der Waals surface area (Å²) in [6.45, 7) is 6.54. The minimum Gasteiger partial charge on any atom is -0.356 e. The van der Waals surface area contributed by atoms with E-state index in [-0.39, 0.29) is 11.8 Å². The second-order valence-corrected chi connectivity index (χ2v) is 3.45. The monoisotopic (exact) mass is 191 g/mol. The zero-order chi connectivity index (χ0) is 10.4. The lowest BCUT2D eigenvalue weighted by Gasteiger charge is -2.06. The molecule has 0 radical (unpaired) electrons. The first-order chi connectivity index (χ1) is 6.77. The molecular formula is C12H17NO. The van der Waals surface area contributed by atoms with Crippen molar-refractivity contribution in [2.45, 2.75) is 19.8 Å². The smallest absolute Gasteiger partial charge is 0.223 e. The largest absolute Gasteiger partial charge is 0.356 e. The van der Waals surface area contributed by atoms with E-state index in [0.717, 1.165) is 25.0 Å². The van der Waals surface area contributed by atoms with Gasteiger partial charge in [-0.3, -0.25) is 4.79 Å². The average Bonchev–Trinajstić information content (AvgIpc) is 2.59. The van der Waals surface area contributed by atoms with E-state index in [1.165, 1.54) is 0 Å². The molecule has 1 fully saturated rings. The Bertz CT molecular complexity index is 276. The van der Waals surface area contributed by atoms with Crippen LogP contribution >= 0.6 is 0 Å². The molecule has 1 N–H and O–H groups in total. The third kappa shape index (κ3) is 2.87. The summed E-state index contributed by atoms with van der Waals surface area (Å²) in [7, 11) is 0. The number of nitrogens with one attached hydrogen (secondary N) is 1. The quantitative estimate of drug-likeness (QED) is 0.678.